The third kappa shape index (κ3) is 5.41. The number of carbonyl (C=O) groups excluding carboxylic acids is 2. The van der Waals surface area contributed by atoms with Crippen molar-refractivity contribution in [1.82, 2.24) is 10.3 Å². The van der Waals surface area contributed by atoms with Crippen LogP contribution in [0.15, 0.2) is 36.4 Å². The number of amides is 2. The summed E-state index contributed by atoms with van der Waals surface area (Å²) in [5, 5.41) is 5.91. The van der Waals surface area contributed by atoms with Gasteiger partial charge in [-0.25, -0.2) is 4.98 Å². The van der Waals surface area contributed by atoms with Gasteiger partial charge in [-0.15, -0.1) is 0 Å². The Morgan fingerprint density at radius 3 is 1.75 bits per heavy atom. The number of para-hydroxylation sites is 1. The zero-order valence-corrected chi connectivity index (χ0v) is 17.9. The molecular formula is C23H31N3O2. The molecule has 0 radical (unpaired) electrons. The highest BCUT2D eigenvalue weighted by Crippen LogP contribution is 2.32. The van der Waals surface area contributed by atoms with Gasteiger partial charge < -0.3 is 10.6 Å². The van der Waals surface area contributed by atoms with Crippen LogP contribution in [-0.2, 0) is 0 Å². The first-order chi connectivity index (χ1) is 13.0. The zero-order valence-electron chi connectivity index (χ0n) is 17.9. The number of benzene rings is 1. The van der Waals surface area contributed by atoms with Crippen molar-refractivity contribution in [3.8, 4) is 0 Å². The van der Waals surface area contributed by atoms with Crippen molar-refractivity contribution in [2.75, 3.05) is 5.32 Å². The third-order valence-corrected chi connectivity index (χ3v) is 4.31. The molecule has 28 heavy (non-hydrogen) atoms. The molecule has 0 saturated carbocycles. The summed E-state index contributed by atoms with van der Waals surface area (Å²) in [4.78, 5) is 29.6. The average molecular weight is 382 g/mol. The molecule has 2 aromatic rings. The van der Waals surface area contributed by atoms with Crippen LogP contribution in [0.25, 0.3) is 0 Å². The van der Waals surface area contributed by atoms with E-state index in [1.165, 1.54) is 0 Å². The van der Waals surface area contributed by atoms with E-state index in [0.29, 0.717) is 0 Å². The fourth-order valence-electron chi connectivity index (χ4n) is 2.97. The minimum Gasteiger partial charge on any atom is -0.346 e. The molecule has 0 aliphatic rings. The standard InChI is InChI=1S/C23H31N3O2/c1-14(2)16-10-8-11-17(15(3)4)20(16)25-21(27)18-12-9-13-19(24-18)22(28)26-23(5,6)7/h8-15H,1-7H3,(H,25,27)(H,26,28). The van der Waals surface area contributed by atoms with Crippen LogP contribution in [-0.4, -0.2) is 22.3 Å². The molecule has 2 amide bonds. The van der Waals surface area contributed by atoms with Gasteiger partial charge in [0.2, 0.25) is 0 Å². The summed E-state index contributed by atoms with van der Waals surface area (Å²) < 4.78 is 0. The van der Waals surface area contributed by atoms with Crippen molar-refractivity contribution < 1.29 is 9.59 Å². The number of hydrogen-bond donors (Lipinski definition) is 2. The maximum Gasteiger partial charge on any atom is 0.274 e. The van der Waals surface area contributed by atoms with Gasteiger partial charge >= 0.3 is 0 Å². The van der Waals surface area contributed by atoms with Crippen molar-refractivity contribution in [1.29, 1.82) is 0 Å². The summed E-state index contributed by atoms with van der Waals surface area (Å²) >= 11 is 0. The third-order valence-electron chi connectivity index (χ3n) is 4.31. The smallest absolute Gasteiger partial charge is 0.274 e. The number of hydrogen-bond acceptors (Lipinski definition) is 3. The molecule has 0 unspecified atom stereocenters. The molecule has 150 valence electrons. The molecule has 1 aromatic heterocycles. The van der Waals surface area contributed by atoms with Crippen molar-refractivity contribution in [3.05, 3.63) is 58.9 Å². The minimum atomic E-state index is -0.376. The molecule has 5 nitrogen and oxygen atoms in total. The topological polar surface area (TPSA) is 71.1 Å². The fraction of sp³-hybridized carbons (Fsp3) is 0.435. The number of pyridine rings is 1. The fourth-order valence-corrected chi connectivity index (χ4v) is 2.97. The Kier molecular flexibility index (Phi) is 6.60. The summed E-state index contributed by atoms with van der Waals surface area (Å²) in [6.45, 7) is 14.1. The Hall–Kier alpha value is -2.69. The number of nitrogens with one attached hydrogen (secondary N) is 2. The van der Waals surface area contributed by atoms with Crippen LogP contribution in [0.3, 0.4) is 0 Å². The van der Waals surface area contributed by atoms with Crippen molar-refractivity contribution >= 4 is 17.5 Å². The largest absolute Gasteiger partial charge is 0.346 e. The van der Waals surface area contributed by atoms with Crippen LogP contribution in [0.2, 0.25) is 0 Å². The average Bonchev–Trinajstić information content (AvgIpc) is 2.60. The van der Waals surface area contributed by atoms with Crippen LogP contribution in [0, 0.1) is 0 Å². The first-order valence-electron chi connectivity index (χ1n) is 9.73. The van der Waals surface area contributed by atoms with Crippen LogP contribution in [0.4, 0.5) is 5.69 Å². The second-order valence-electron chi connectivity index (χ2n) is 8.69. The van der Waals surface area contributed by atoms with E-state index in [4.69, 9.17) is 0 Å². The number of rotatable bonds is 5. The Balaban J connectivity index is 2.34. The molecule has 1 heterocycles. The van der Waals surface area contributed by atoms with E-state index in [-0.39, 0.29) is 40.6 Å². The second kappa shape index (κ2) is 8.55. The highest BCUT2D eigenvalue weighted by Gasteiger charge is 2.20. The van der Waals surface area contributed by atoms with Gasteiger partial charge in [-0.1, -0.05) is 52.0 Å². The Morgan fingerprint density at radius 2 is 1.29 bits per heavy atom. The van der Waals surface area contributed by atoms with Crippen LogP contribution >= 0.6 is 0 Å². The van der Waals surface area contributed by atoms with Gasteiger partial charge in [0.25, 0.3) is 11.8 Å². The number of aromatic nitrogens is 1. The first kappa shape index (κ1) is 21.6. The Bertz CT molecular complexity index is 838. The van der Waals surface area contributed by atoms with Crippen molar-refractivity contribution in [3.63, 3.8) is 0 Å². The predicted octanol–water partition coefficient (Wildman–Crippen LogP) is 5.11. The van der Waals surface area contributed by atoms with Gasteiger partial charge in [-0.05, 0) is 55.9 Å². The summed E-state index contributed by atoms with van der Waals surface area (Å²) in [6, 6.07) is 11.0. The number of nitrogens with zero attached hydrogens (tertiary/aromatic N) is 1. The molecule has 0 atom stereocenters. The lowest BCUT2D eigenvalue weighted by Gasteiger charge is -2.21. The van der Waals surface area contributed by atoms with E-state index in [0.717, 1.165) is 16.8 Å². The molecule has 0 aliphatic carbocycles. The highest BCUT2D eigenvalue weighted by molar-refractivity contribution is 6.04. The van der Waals surface area contributed by atoms with Crippen LogP contribution in [0.5, 0.6) is 0 Å². The van der Waals surface area contributed by atoms with Gasteiger partial charge in [-0.2, -0.15) is 0 Å². The zero-order chi connectivity index (χ0) is 21.1. The Morgan fingerprint density at radius 1 is 0.821 bits per heavy atom. The van der Waals surface area contributed by atoms with Crippen molar-refractivity contribution in [2.45, 2.75) is 65.8 Å². The maximum absolute atomic E-state index is 12.9. The molecule has 1 aromatic carbocycles. The molecule has 0 aliphatic heterocycles. The molecule has 0 saturated heterocycles. The normalized spacial score (nSPS) is 11.6. The Labute approximate surface area is 168 Å². The SMILES string of the molecule is CC(C)c1cccc(C(C)C)c1NC(=O)c1cccc(C(=O)NC(C)(C)C)n1. The highest BCUT2D eigenvalue weighted by atomic mass is 16.2. The molecule has 0 bridgehead atoms. The van der Waals surface area contributed by atoms with E-state index < -0.39 is 0 Å². The van der Waals surface area contributed by atoms with E-state index in [1.54, 1.807) is 18.2 Å². The second-order valence-corrected chi connectivity index (χ2v) is 8.69. The summed E-state index contributed by atoms with van der Waals surface area (Å²) in [5.41, 5.74) is 3.07. The molecule has 0 fully saturated rings. The van der Waals surface area contributed by atoms with Gasteiger partial charge in [0, 0.05) is 11.2 Å². The molecule has 2 rings (SSSR count). The van der Waals surface area contributed by atoms with E-state index in [9.17, 15) is 9.59 Å². The monoisotopic (exact) mass is 381 g/mol. The lowest BCUT2D eigenvalue weighted by molar-refractivity contribution is 0.0914. The lowest BCUT2D eigenvalue weighted by atomic mass is 9.92. The van der Waals surface area contributed by atoms with Gasteiger partial charge in [0.05, 0.1) is 0 Å². The van der Waals surface area contributed by atoms with Gasteiger partial charge in [0.1, 0.15) is 11.4 Å². The first-order valence-corrected chi connectivity index (χ1v) is 9.73. The van der Waals surface area contributed by atoms with Crippen LogP contribution in [0.1, 0.15) is 92.4 Å². The van der Waals surface area contributed by atoms with Gasteiger partial charge in [0.15, 0.2) is 0 Å². The number of anilines is 1. The molecule has 0 spiro atoms. The lowest BCUT2D eigenvalue weighted by Crippen LogP contribution is -2.41. The quantitative estimate of drug-likeness (QED) is 0.756. The van der Waals surface area contributed by atoms with E-state index >= 15 is 0 Å². The summed E-state index contributed by atoms with van der Waals surface area (Å²) in [5.74, 6) is -0.0790. The summed E-state index contributed by atoms with van der Waals surface area (Å²) in [7, 11) is 0. The van der Waals surface area contributed by atoms with E-state index in [1.807, 2.05) is 39.0 Å². The van der Waals surface area contributed by atoms with Crippen molar-refractivity contribution in [2.24, 2.45) is 0 Å². The van der Waals surface area contributed by atoms with Crippen LogP contribution < -0.4 is 10.6 Å². The maximum atomic E-state index is 12.9. The summed E-state index contributed by atoms with van der Waals surface area (Å²) in [6.07, 6.45) is 0. The van der Waals surface area contributed by atoms with E-state index in [2.05, 4.69) is 43.3 Å². The molecule has 2 N–H and O–H groups in total. The molecule has 5 heteroatoms. The minimum absolute atomic E-state index is 0.217. The number of carbonyl (C=O) groups is 2. The molecular weight excluding hydrogens is 350 g/mol. The predicted molar refractivity (Wildman–Crippen MR) is 114 cm³/mol. The van der Waals surface area contributed by atoms with Gasteiger partial charge in [-0.3, -0.25) is 9.59 Å².